The monoisotopic (exact) mass is 411 g/mol. The smallest absolute Gasteiger partial charge is 0.205 e. The zero-order chi connectivity index (χ0) is 22.0. The molecule has 2 rings (SSSR count). The van der Waals surface area contributed by atoms with Gasteiger partial charge >= 0.3 is 0 Å². The molecule has 7 heteroatoms. The van der Waals surface area contributed by atoms with Crippen molar-refractivity contribution in [2.45, 2.75) is 90.8 Å². The molecule has 0 amide bonds. The third kappa shape index (κ3) is 6.83. The van der Waals surface area contributed by atoms with Crippen LogP contribution in [-0.2, 0) is 16.1 Å². The Morgan fingerprint density at radius 1 is 1.07 bits per heavy atom. The second kappa shape index (κ2) is 9.18. The van der Waals surface area contributed by atoms with Crippen LogP contribution in [0.2, 0.25) is 0 Å². The molecule has 4 N–H and O–H groups in total. The molecule has 5 atom stereocenters. The van der Waals surface area contributed by atoms with Crippen LogP contribution < -0.4 is 10.1 Å². The minimum absolute atomic E-state index is 0.204. The third-order valence-electron chi connectivity index (χ3n) is 4.66. The van der Waals surface area contributed by atoms with Crippen molar-refractivity contribution in [3.05, 3.63) is 23.8 Å². The van der Waals surface area contributed by atoms with Crippen LogP contribution in [0.25, 0.3) is 0 Å². The molecule has 166 valence electrons. The van der Waals surface area contributed by atoms with Crippen LogP contribution in [-0.4, -0.2) is 57.7 Å². The Morgan fingerprint density at radius 3 is 2.28 bits per heavy atom. The maximum absolute atomic E-state index is 10.3. The van der Waals surface area contributed by atoms with Gasteiger partial charge in [-0.2, -0.15) is 0 Å². The molecule has 1 aromatic rings. The fourth-order valence-corrected chi connectivity index (χ4v) is 3.05. The van der Waals surface area contributed by atoms with Gasteiger partial charge in [0.05, 0.1) is 30.6 Å². The largest absolute Gasteiger partial charge is 0.462 e. The number of benzene rings is 1. The van der Waals surface area contributed by atoms with E-state index in [1.54, 1.807) is 6.92 Å². The van der Waals surface area contributed by atoms with Crippen molar-refractivity contribution < 1.29 is 29.5 Å². The summed E-state index contributed by atoms with van der Waals surface area (Å²) in [6.07, 6.45) is -3.91. The van der Waals surface area contributed by atoms with E-state index >= 15 is 0 Å². The van der Waals surface area contributed by atoms with Crippen LogP contribution in [0.4, 0.5) is 5.69 Å². The minimum atomic E-state index is -1.15. The Labute approximate surface area is 174 Å². The lowest BCUT2D eigenvalue weighted by Crippen LogP contribution is -2.56. The van der Waals surface area contributed by atoms with Crippen molar-refractivity contribution in [3.63, 3.8) is 0 Å². The number of anilines is 1. The summed E-state index contributed by atoms with van der Waals surface area (Å²) < 4.78 is 17.7. The molecule has 1 heterocycles. The molecule has 0 spiro atoms. The lowest BCUT2D eigenvalue weighted by molar-refractivity contribution is -0.256. The average molecular weight is 412 g/mol. The van der Waals surface area contributed by atoms with E-state index in [0.717, 1.165) is 11.3 Å². The van der Waals surface area contributed by atoms with Gasteiger partial charge in [-0.15, -0.1) is 0 Å². The van der Waals surface area contributed by atoms with Crippen molar-refractivity contribution in [2.24, 2.45) is 5.92 Å². The first-order valence-electron chi connectivity index (χ1n) is 10.1. The van der Waals surface area contributed by atoms with Crippen LogP contribution >= 0.6 is 0 Å². The van der Waals surface area contributed by atoms with E-state index in [0.29, 0.717) is 12.4 Å². The molecule has 1 aliphatic heterocycles. The Kier molecular flexibility index (Phi) is 7.57. The summed E-state index contributed by atoms with van der Waals surface area (Å²) in [5.41, 5.74) is 1.34. The summed E-state index contributed by atoms with van der Waals surface area (Å²) in [5, 5.41) is 33.2. The van der Waals surface area contributed by atoms with Crippen molar-refractivity contribution >= 4 is 5.69 Å². The Hall–Kier alpha value is -1.38. The van der Waals surface area contributed by atoms with Crippen LogP contribution in [0.15, 0.2) is 18.2 Å². The zero-order valence-corrected chi connectivity index (χ0v) is 18.6. The second-order valence-electron chi connectivity index (χ2n) is 9.79. The van der Waals surface area contributed by atoms with E-state index in [9.17, 15) is 15.3 Å². The SMILES string of the molecule is CC1C(Oc2ccc(COC(C)(C)C)cc2NC(C)(C)C)OC(CO)C(O)C1O. The summed E-state index contributed by atoms with van der Waals surface area (Å²) in [7, 11) is 0. The van der Waals surface area contributed by atoms with Crippen LogP contribution in [0, 0.1) is 5.92 Å². The lowest BCUT2D eigenvalue weighted by Gasteiger charge is -2.41. The molecule has 5 unspecified atom stereocenters. The fraction of sp³-hybridized carbons (Fsp3) is 0.727. The number of aliphatic hydroxyl groups excluding tert-OH is 3. The average Bonchev–Trinajstić information content (AvgIpc) is 2.60. The van der Waals surface area contributed by atoms with Gasteiger partial charge in [0.1, 0.15) is 18.0 Å². The molecule has 1 saturated heterocycles. The molecular formula is C22H37NO6. The number of ether oxygens (including phenoxy) is 3. The summed E-state index contributed by atoms with van der Waals surface area (Å²) in [5.74, 6) is 0.0933. The number of nitrogens with one attached hydrogen (secondary N) is 1. The molecule has 1 aliphatic rings. The van der Waals surface area contributed by atoms with E-state index < -0.39 is 37.1 Å². The van der Waals surface area contributed by atoms with Crippen molar-refractivity contribution in [1.82, 2.24) is 0 Å². The quantitative estimate of drug-likeness (QED) is 0.571. The molecule has 0 aliphatic carbocycles. The van der Waals surface area contributed by atoms with Gasteiger partial charge in [-0.25, -0.2) is 0 Å². The summed E-state index contributed by atoms with van der Waals surface area (Å²) in [4.78, 5) is 0. The van der Waals surface area contributed by atoms with E-state index in [2.05, 4.69) is 26.1 Å². The first kappa shape index (κ1) is 23.9. The molecule has 1 fully saturated rings. The van der Waals surface area contributed by atoms with E-state index in [4.69, 9.17) is 14.2 Å². The molecule has 0 aromatic heterocycles. The van der Waals surface area contributed by atoms with Gasteiger partial charge in [-0.05, 0) is 59.2 Å². The molecular weight excluding hydrogens is 374 g/mol. The minimum Gasteiger partial charge on any atom is -0.462 e. The molecule has 0 radical (unpaired) electrons. The summed E-state index contributed by atoms with van der Waals surface area (Å²) in [6, 6.07) is 5.75. The van der Waals surface area contributed by atoms with Crippen molar-refractivity contribution in [2.75, 3.05) is 11.9 Å². The van der Waals surface area contributed by atoms with Gasteiger partial charge < -0.3 is 34.8 Å². The van der Waals surface area contributed by atoms with Crippen LogP contribution in [0.3, 0.4) is 0 Å². The molecule has 0 bridgehead atoms. The predicted octanol–water partition coefficient (Wildman–Crippen LogP) is 2.67. The van der Waals surface area contributed by atoms with Crippen LogP contribution in [0.5, 0.6) is 5.75 Å². The second-order valence-corrected chi connectivity index (χ2v) is 9.79. The first-order valence-corrected chi connectivity index (χ1v) is 10.1. The van der Waals surface area contributed by atoms with Gasteiger partial charge in [-0.1, -0.05) is 13.0 Å². The molecule has 7 nitrogen and oxygen atoms in total. The fourth-order valence-electron chi connectivity index (χ4n) is 3.05. The third-order valence-corrected chi connectivity index (χ3v) is 4.66. The molecule has 29 heavy (non-hydrogen) atoms. The first-order chi connectivity index (χ1) is 13.3. The van der Waals surface area contributed by atoms with Gasteiger partial charge in [0, 0.05) is 11.5 Å². The van der Waals surface area contributed by atoms with Gasteiger partial charge in [0.15, 0.2) is 0 Å². The Morgan fingerprint density at radius 2 is 1.72 bits per heavy atom. The number of hydrogen-bond acceptors (Lipinski definition) is 7. The highest BCUT2D eigenvalue weighted by atomic mass is 16.7. The molecule has 1 aromatic carbocycles. The Balaban J connectivity index is 2.25. The molecule has 0 saturated carbocycles. The topological polar surface area (TPSA) is 100 Å². The van der Waals surface area contributed by atoms with E-state index in [1.165, 1.54) is 0 Å². The number of aliphatic hydroxyl groups is 3. The Bertz CT molecular complexity index is 664. The highest BCUT2D eigenvalue weighted by molar-refractivity contribution is 5.59. The van der Waals surface area contributed by atoms with Gasteiger partial charge in [0.2, 0.25) is 6.29 Å². The van der Waals surface area contributed by atoms with Gasteiger partial charge in [0.25, 0.3) is 0 Å². The van der Waals surface area contributed by atoms with Crippen LogP contribution in [0.1, 0.15) is 54.0 Å². The maximum Gasteiger partial charge on any atom is 0.205 e. The van der Waals surface area contributed by atoms with Crippen molar-refractivity contribution in [1.29, 1.82) is 0 Å². The van der Waals surface area contributed by atoms with Gasteiger partial charge in [-0.3, -0.25) is 0 Å². The van der Waals surface area contributed by atoms with E-state index in [-0.39, 0.29) is 11.1 Å². The number of rotatable bonds is 6. The summed E-state index contributed by atoms with van der Waals surface area (Å²) in [6.45, 7) is 14.0. The highest BCUT2D eigenvalue weighted by Crippen LogP contribution is 2.34. The number of hydrogen-bond donors (Lipinski definition) is 4. The summed E-state index contributed by atoms with van der Waals surface area (Å²) >= 11 is 0. The normalized spacial score (nSPS) is 28.3. The van der Waals surface area contributed by atoms with Crippen molar-refractivity contribution in [3.8, 4) is 5.75 Å². The standard InChI is InChI=1S/C22H37NO6/c1-13-18(25)19(26)17(11-24)29-20(13)28-16-9-8-14(12-27-22(5,6)7)10-15(16)23-21(2,3)4/h8-10,13,17-20,23-26H,11-12H2,1-7H3. The predicted molar refractivity (Wildman–Crippen MR) is 112 cm³/mol. The highest BCUT2D eigenvalue weighted by Gasteiger charge is 2.43. The van der Waals surface area contributed by atoms with E-state index in [1.807, 2.05) is 39.0 Å². The lowest BCUT2D eigenvalue weighted by atomic mass is 9.92. The zero-order valence-electron chi connectivity index (χ0n) is 18.6. The maximum atomic E-state index is 10.3.